The summed E-state index contributed by atoms with van der Waals surface area (Å²) in [6.07, 6.45) is 0. The lowest BCUT2D eigenvalue weighted by molar-refractivity contribution is 0.549. The van der Waals surface area contributed by atoms with Gasteiger partial charge in [-0.15, -0.1) is 3.89 Å². The number of benzene rings is 1. The van der Waals surface area contributed by atoms with Crippen LogP contribution < -0.4 is 0 Å². The van der Waals surface area contributed by atoms with Crippen LogP contribution in [0.1, 0.15) is 5.56 Å². The molecule has 1 rings (SSSR count). The van der Waals surface area contributed by atoms with Crippen molar-refractivity contribution in [3.8, 4) is 6.07 Å². The van der Waals surface area contributed by atoms with E-state index in [9.17, 15) is 16.7 Å². The third-order valence-electron chi connectivity index (χ3n) is 1.33. The first-order chi connectivity index (χ1) is 5.95. The van der Waals surface area contributed by atoms with E-state index < -0.39 is 26.5 Å². The Morgan fingerprint density at radius 2 is 2.00 bits per heavy atom. The van der Waals surface area contributed by atoms with Gasteiger partial charge in [-0.2, -0.15) is 13.7 Å². The highest BCUT2D eigenvalue weighted by atomic mass is 32.3. The Labute approximate surface area is 73.4 Å². The van der Waals surface area contributed by atoms with Crippen molar-refractivity contribution in [3.05, 3.63) is 29.6 Å². The Bertz CT molecular complexity index is 476. The zero-order valence-corrected chi connectivity index (χ0v) is 6.98. The molecule has 68 valence electrons. The third-order valence-corrected chi connectivity index (χ3v) is 2.19. The van der Waals surface area contributed by atoms with Crippen molar-refractivity contribution in [1.82, 2.24) is 0 Å². The van der Waals surface area contributed by atoms with Crippen molar-refractivity contribution in [2.24, 2.45) is 0 Å². The van der Waals surface area contributed by atoms with E-state index >= 15 is 0 Å². The summed E-state index contributed by atoms with van der Waals surface area (Å²) < 4.78 is 45.6. The minimum Gasteiger partial charge on any atom is -0.207 e. The Balaban J connectivity index is 3.53. The number of hydrogen-bond acceptors (Lipinski definition) is 3. The molecule has 0 aliphatic rings. The quantitative estimate of drug-likeness (QED) is 0.647. The lowest BCUT2D eigenvalue weighted by atomic mass is 10.2. The minimum absolute atomic E-state index is 0.413. The fourth-order valence-electron chi connectivity index (χ4n) is 0.790. The average molecular weight is 203 g/mol. The van der Waals surface area contributed by atoms with Gasteiger partial charge in [-0.1, -0.05) is 0 Å². The third kappa shape index (κ3) is 2.00. The van der Waals surface area contributed by atoms with Crippen molar-refractivity contribution in [2.45, 2.75) is 4.90 Å². The summed E-state index contributed by atoms with van der Waals surface area (Å²) in [5.74, 6) is -0.907. The molecule has 0 aliphatic carbocycles. The van der Waals surface area contributed by atoms with E-state index in [4.69, 9.17) is 5.26 Å². The predicted octanol–water partition coefficient (Wildman–Crippen LogP) is 1.36. The van der Waals surface area contributed by atoms with Gasteiger partial charge in [0.25, 0.3) is 0 Å². The highest BCUT2D eigenvalue weighted by Crippen LogP contribution is 2.18. The zero-order valence-electron chi connectivity index (χ0n) is 6.16. The maximum atomic E-state index is 12.5. The molecule has 0 saturated carbocycles. The molecule has 3 nitrogen and oxygen atoms in total. The van der Waals surface area contributed by atoms with Crippen molar-refractivity contribution < 1.29 is 16.7 Å². The number of rotatable bonds is 1. The minimum atomic E-state index is -5.03. The molecule has 6 heteroatoms. The van der Waals surface area contributed by atoms with E-state index in [1.807, 2.05) is 0 Å². The van der Waals surface area contributed by atoms with Crippen molar-refractivity contribution in [1.29, 1.82) is 5.26 Å². The second-order valence-corrected chi connectivity index (χ2v) is 3.51. The Kier molecular flexibility index (Phi) is 2.30. The molecular formula is C7H3F2NO2S. The molecule has 0 aliphatic heterocycles. The SMILES string of the molecule is N#Cc1ccc(F)cc1S(=O)(=O)F. The zero-order chi connectivity index (χ0) is 10.1. The lowest BCUT2D eigenvalue weighted by Gasteiger charge is -1.97. The molecule has 1 aromatic rings. The highest BCUT2D eigenvalue weighted by molar-refractivity contribution is 7.86. The van der Waals surface area contributed by atoms with Crippen molar-refractivity contribution in [2.75, 3.05) is 0 Å². The van der Waals surface area contributed by atoms with Crippen LogP contribution in [0, 0.1) is 17.1 Å². The van der Waals surface area contributed by atoms with Gasteiger partial charge in [0.15, 0.2) is 0 Å². The Hall–Kier alpha value is -1.48. The van der Waals surface area contributed by atoms with Gasteiger partial charge < -0.3 is 0 Å². The molecular weight excluding hydrogens is 200 g/mol. The molecule has 0 fully saturated rings. The van der Waals surface area contributed by atoms with Crippen LogP contribution in [0.3, 0.4) is 0 Å². The van der Waals surface area contributed by atoms with Crippen LogP contribution in [-0.2, 0) is 10.2 Å². The fourth-order valence-corrected chi connectivity index (χ4v) is 1.42. The maximum absolute atomic E-state index is 12.5. The van der Waals surface area contributed by atoms with Gasteiger partial charge in [0, 0.05) is 0 Å². The molecule has 0 heterocycles. The first-order valence-corrected chi connectivity index (χ1v) is 4.48. The highest BCUT2D eigenvalue weighted by Gasteiger charge is 2.17. The van der Waals surface area contributed by atoms with Crippen LogP contribution in [0.5, 0.6) is 0 Å². The normalized spacial score (nSPS) is 10.8. The summed E-state index contributed by atoms with van der Waals surface area (Å²) in [5, 5.41) is 8.37. The van der Waals surface area contributed by atoms with E-state index in [-0.39, 0.29) is 0 Å². The molecule has 13 heavy (non-hydrogen) atoms. The Morgan fingerprint density at radius 3 is 2.46 bits per heavy atom. The van der Waals surface area contributed by atoms with Gasteiger partial charge in [0.05, 0.1) is 5.56 Å². The molecule has 0 radical (unpaired) electrons. The summed E-state index contributed by atoms with van der Waals surface area (Å²) in [7, 11) is -5.03. The van der Waals surface area contributed by atoms with Crippen molar-refractivity contribution >= 4 is 10.2 Å². The largest absolute Gasteiger partial charge is 0.333 e. The summed E-state index contributed by atoms with van der Waals surface area (Å²) in [6, 6.07) is 3.70. The number of nitrogens with zero attached hydrogens (tertiary/aromatic N) is 1. The average Bonchev–Trinajstić information content (AvgIpc) is 2.03. The predicted molar refractivity (Wildman–Crippen MR) is 39.4 cm³/mol. The molecule has 0 spiro atoms. The number of halogens is 2. The second-order valence-electron chi connectivity index (χ2n) is 2.19. The molecule has 0 bridgehead atoms. The van der Waals surface area contributed by atoms with E-state index in [0.717, 1.165) is 12.1 Å². The molecule has 0 amide bonds. The van der Waals surface area contributed by atoms with Crippen LogP contribution in [-0.4, -0.2) is 8.42 Å². The van der Waals surface area contributed by atoms with Gasteiger partial charge in [0.1, 0.15) is 16.8 Å². The van der Waals surface area contributed by atoms with E-state index in [1.54, 1.807) is 0 Å². The molecule has 0 atom stereocenters. The van der Waals surface area contributed by atoms with Crippen LogP contribution in [0.2, 0.25) is 0 Å². The lowest BCUT2D eigenvalue weighted by Crippen LogP contribution is -1.96. The van der Waals surface area contributed by atoms with E-state index in [0.29, 0.717) is 6.07 Å². The van der Waals surface area contributed by atoms with Gasteiger partial charge in [0.2, 0.25) is 0 Å². The summed E-state index contributed by atoms with van der Waals surface area (Å²) in [4.78, 5) is -0.935. The second kappa shape index (κ2) is 3.11. The Morgan fingerprint density at radius 1 is 1.38 bits per heavy atom. The summed E-state index contributed by atoms with van der Waals surface area (Å²) in [6.45, 7) is 0. The van der Waals surface area contributed by atoms with Crippen LogP contribution in [0.4, 0.5) is 8.28 Å². The molecule has 0 N–H and O–H groups in total. The van der Waals surface area contributed by atoms with Gasteiger partial charge >= 0.3 is 10.2 Å². The number of nitriles is 1. The van der Waals surface area contributed by atoms with Crippen LogP contribution in [0.25, 0.3) is 0 Å². The standard InChI is InChI=1S/C7H3F2NO2S/c8-6-2-1-5(4-10)7(3-6)13(9,11)12/h1-3H. The van der Waals surface area contributed by atoms with E-state index in [2.05, 4.69) is 0 Å². The molecule has 0 aromatic heterocycles. The van der Waals surface area contributed by atoms with Gasteiger partial charge in [-0.05, 0) is 18.2 Å². The summed E-state index contributed by atoms with van der Waals surface area (Å²) >= 11 is 0. The topological polar surface area (TPSA) is 57.9 Å². The summed E-state index contributed by atoms with van der Waals surface area (Å²) in [5.41, 5.74) is -0.413. The number of hydrogen-bond donors (Lipinski definition) is 0. The van der Waals surface area contributed by atoms with Gasteiger partial charge in [-0.3, -0.25) is 0 Å². The fraction of sp³-hybridized carbons (Fsp3) is 0. The van der Waals surface area contributed by atoms with Crippen molar-refractivity contribution in [3.63, 3.8) is 0 Å². The van der Waals surface area contributed by atoms with Gasteiger partial charge in [-0.25, -0.2) is 4.39 Å². The molecule has 0 unspecified atom stereocenters. The maximum Gasteiger partial charge on any atom is 0.333 e. The monoisotopic (exact) mass is 203 g/mol. The van der Waals surface area contributed by atoms with Crippen LogP contribution in [0.15, 0.2) is 23.1 Å². The van der Waals surface area contributed by atoms with E-state index in [1.165, 1.54) is 6.07 Å². The van der Waals surface area contributed by atoms with Crippen LogP contribution >= 0.6 is 0 Å². The molecule has 0 saturated heterocycles. The smallest absolute Gasteiger partial charge is 0.207 e. The molecule has 1 aromatic carbocycles. The first-order valence-electron chi connectivity index (χ1n) is 3.09. The first kappa shape index (κ1) is 9.61.